The van der Waals surface area contributed by atoms with Crippen molar-refractivity contribution in [2.45, 2.75) is 46.2 Å². The van der Waals surface area contributed by atoms with E-state index in [-0.39, 0.29) is 17.4 Å². The third kappa shape index (κ3) is 3.09. The Labute approximate surface area is 112 Å². The van der Waals surface area contributed by atoms with Crippen molar-refractivity contribution >= 4 is 17.2 Å². The molecule has 0 saturated carbocycles. The van der Waals surface area contributed by atoms with E-state index in [0.717, 1.165) is 30.1 Å². The van der Waals surface area contributed by atoms with Crippen molar-refractivity contribution in [3.05, 3.63) is 16.1 Å². The van der Waals surface area contributed by atoms with E-state index in [1.54, 1.807) is 11.3 Å². The van der Waals surface area contributed by atoms with E-state index in [0.29, 0.717) is 6.54 Å². The van der Waals surface area contributed by atoms with Crippen LogP contribution in [0, 0.1) is 12.3 Å². The molecule has 1 saturated heterocycles. The molecule has 0 aromatic carbocycles. The molecule has 1 aliphatic heterocycles. The van der Waals surface area contributed by atoms with Crippen molar-refractivity contribution in [1.29, 1.82) is 0 Å². The molecule has 2 heterocycles. The summed E-state index contributed by atoms with van der Waals surface area (Å²) >= 11 is 1.59. The molecule has 2 N–H and O–H groups in total. The lowest BCUT2D eigenvalue weighted by Crippen LogP contribution is -2.55. The monoisotopic (exact) mass is 267 g/mol. The summed E-state index contributed by atoms with van der Waals surface area (Å²) in [6.45, 7) is 7.73. The first-order valence-corrected chi connectivity index (χ1v) is 7.29. The third-order valence-electron chi connectivity index (χ3n) is 3.47. The Morgan fingerprint density at radius 1 is 1.67 bits per heavy atom. The van der Waals surface area contributed by atoms with Gasteiger partial charge in [-0.3, -0.25) is 4.79 Å². The van der Waals surface area contributed by atoms with E-state index in [1.807, 2.05) is 12.3 Å². The average molecular weight is 267 g/mol. The molecule has 1 unspecified atom stereocenters. The van der Waals surface area contributed by atoms with Gasteiger partial charge in [-0.05, 0) is 31.7 Å². The fraction of sp³-hybridized carbons (Fsp3) is 0.692. The predicted octanol–water partition coefficient (Wildman–Crippen LogP) is 1.85. The highest BCUT2D eigenvalue weighted by atomic mass is 32.1. The van der Waals surface area contributed by atoms with Gasteiger partial charge in [-0.1, -0.05) is 13.8 Å². The largest absolute Gasteiger partial charge is 0.348 e. The fourth-order valence-electron chi connectivity index (χ4n) is 2.41. The molecular formula is C13H21N3OS. The maximum atomic E-state index is 12.2. The molecule has 0 radical (unpaired) electrons. The Morgan fingerprint density at radius 2 is 2.44 bits per heavy atom. The summed E-state index contributed by atoms with van der Waals surface area (Å²) in [7, 11) is 0. The first-order chi connectivity index (χ1) is 8.49. The van der Waals surface area contributed by atoms with Gasteiger partial charge in [0.1, 0.15) is 5.01 Å². The van der Waals surface area contributed by atoms with Crippen molar-refractivity contribution in [2.24, 2.45) is 5.41 Å². The summed E-state index contributed by atoms with van der Waals surface area (Å²) in [5.41, 5.74) is 1.04. The molecule has 4 nitrogen and oxygen atoms in total. The summed E-state index contributed by atoms with van der Waals surface area (Å²) in [6.07, 6.45) is 2.23. The summed E-state index contributed by atoms with van der Waals surface area (Å²) in [4.78, 5) is 16.5. The minimum Gasteiger partial charge on any atom is -0.348 e. The van der Waals surface area contributed by atoms with Crippen molar-refractivity contribution in [3.63, 3.8) is 0 Å². The van der Waals surface area contributed by atoms with E-state index in [1.165, 1.54) is 0 Å². The maximum absolute atomic E-state index is 12.2. The number of aryl methyl sites for hydroxylation is 1. The van der Waals surface area contributed by atoms with Gasteiger partial charge < -0.3 is 10.6 Å². The molecule has 100 valence electrons. The Kier molecular flexibility index (Phi) is 4.02. The Morgan fingerprint density at radius 3 is 3.06 bits per heavy atom. The van der Waals surface area contributed by atoms with Crippen molar-refractivity contribution < 1.29 is 4.79 Å². The number of thiazole rings is 1. The van der Waals surface area contributed by atoms with Gasteiger partial charge in [0.15, 0.2) is 0 Å². The Bertz CT molecular complexity index is 428. The lowest BCUT2D eigenvalue weighted by atomic mass is 9.77. The van der Waals surface area contributed by atoms with Gasteiger partial charge in [-0.25, -0.2) is 4.98 Å². The zero-order chi connectivity index (χ0) is 13.2. The molecule has 0 spiro atoms. The number of nitrogens with zero attached hydrogens (tertiary/aromatic N) is 1. The number of carbonyl (C=O) groups excluding carboxylic acids is 1. The molecule has 2 rings (SSSR count). The number of rotatable bonds is 3. The molecule has 18 heavy (non-hydrogen) atoms. The number of piperidine rings is 1. The van der Waals surface area contributed by atoms with Crippen LogP contribution < -0.4 is 10.6 Å². The van der Waals surface area contributed by atoms with Gasteiger partial charge in [0.2, 0.25) is 5.91 Å². The average Bonchev–Trinajstić information content (AvgIpc) is 2.71. The van der Waals surface area contributed by atoms with Crippen molar-refractivity contribution in [3.8, 4) is 0 Å². The molecular weight excluding hydrogens is 246 g/mol. The van der Waals surface area contributed by atoms with Crippen molar-refractivity contribution in [1.82, 2.24) is 15.6 Å². The number of carbonyl (C=O) groups is 1. The highest BCUT2D eigenvalue weighted by molar-refractivity contribution is 7.09. The van der Waals surface area contributed by atoms with Crippen molar-refractivity contribution in [2.75, 3.05) is 6.54 Å². The van der Waals surface area contributed by atoms with Gasteiger partial charge in [0, 0.05) is 11.1 Å². The van der Waals surface area contributed by atoms with E-state index < -0.39 is 0 Å². The zero-order valence-corrected chi connectivity index (χ0v) is 12.1. The standard InChI is InChI=1S/C13H21N3OS/c1-9-8-18-10(16-9)7-15-12(17)11-13(2,3)5-4-6-14-11/h8,11,14H,4-7H2,1-3H3,(H,15,17). The molecule has 1 amide bonds. The lowest BCUT2D eigenvalue weighted by molar-refractivity contribution is -0.126. The molecule has 1 aromatic heterocycles. The number of hydrogen-bond acceptors (Lipinski definition) is 4. The minimum atomic E-state index is -0.0905. The highest BCUT2D eigenvalue weighted by Gasteiger charge is 2.36. The second-order valence-electron chi connectivity index (χ2n) is 5.58. The van der Waals surface area contributed by atoms with Crippen LogP contribution in [0.25, 0.3) is 0 Å². The third-order valence-corrected chi connectivity index (χ3v) is 4.44. The number of nitrogens with one attached hydrogen (secondary N) is 2. The Hall–Kier alpha value is -0.940. The summed E-state index contributed by atoms with van der Waals surface area (Å²) in [5, 5.41) is 9.28. The van der Waals surface area contributed by atoms with Crippen LogP contribution in [0.1, 0.15) is 37.4 Å². The van der Waals surface area contributed by atoms with Crippen LogP contribution in [0.4, 0.5) is 0 Å². The van der Waals surface area contributed by atoms with Gasteiger partial charge in [0.05, 0.1) is 12.6 Å². The van der Waals surface area contributed by atoms with Crippen LogP contribution in [-0.2, 0) is 11.3 Å². The van der Waals surface area contributed by atoms with Crippen LogP contribution in [0.15, 0.2) is 5.38 Å². The molecule has 0 bridgehead atoms. The molecule has 1 fully saturated rings. The van der Waals surface area contributed by atoms with Gasteiger partial charge in [-0.15, -0.1) is 11.3 Å². The van der Waals surface area contributed by atoms with Gasteiger partial charge in [0.25, 0.3) is 0 Å². The van der Waals surface area contributed by atoms with Crippen LogP contribution in [-0.4, -0.2) is 23.5 Å². The molecule has 1 aromatic rings. The van der Waals surface area contributed by atoms with Crippen LogP contribution in [0.3, 0.4) is 0 Å². The summed E-state index contributed by atoms with van der Waals surface area (Å²) < 4.78 is 0. The molecule has 5 heteroatoms. The van der Waals surface area contributed by atoms with E-state index >= 15 is 0 Å². The quantitative estimate of drug-likeness (QED) is 0.878. The number of amides is 1. The molecule has 1 atom stereocenters. The highest BCUT2D eigenvalue weighted by Crippen LogP contribution is 2.30. The lowest BCUT2D eigenvalue weighted by Gasteiger charge is -2.38. The zero-order valence-electron chi connectivity index (χ0n) is 11.2. The Balaban J connectivity index is 1.91. The second-order valence-corrected chi connectivity index (χ2v) is 6.52. The summed E-state index contributed by atoms with van der Waals surface area (Å²) in [6, 6.07) is -0.0905. The van der Waals surface area contributed by atoms with Crippen LogP contribution in [0.2, 0.25) is 0 Å². The van der Waals surface area contributed by atoms with E-state index in [4.69, 9.17) is 0 Å². The maximum Gasteiger partial charge on any atom is 0.238 e. The number of aromatic nitrogens is 1. The summed E-state index contributed by atoms with van der Waals surface area (Å²) in [5.74, 6) is 0.0903. The fourth-order valence-corrected chi connectivity index (χ4v) is 3.12. The van der Waals surface area contributed by atoms with E-state index in [9.17, 15) is 4.79 Å². The molecule has 0 aliphatic carbocycles. The predicted molar refractivity (Wildman–Crippen MR) is 73.5 cm³/mol. The second kappa shape index (κ2) is 5.36. The first kappa shape index (κ1) is 13.5. The first-order valence-electron chi connectivity index (χ1n) is 6.41. The smallest absolute Gasteiger partial charge is 0.238 e. The van der Waals surface area contributed by atoms with Crippen LogP contribution in [0.5, 0.6) is 0 Å². The normalized spacial score (nSPS) is 22.7. The topological polar surface area (TPSA) is 54.0 Å². The minimum absolute atomic E-state index is 0.0289. The van der Waals surface area contributed by atoms with Gasteiger partial charge >= 0.3 is 0 Å². The molecule has 1 aliphatic rings. The van der Waals surface area contributed by atoms with E-state index in [2.05, 4.69) is 29.5 Å². The number of hydrogen-bond donors (Lipinski definition) is 2. The SMILES string of the molecule is Cc1csc(CNC(=O)C2NCCCC2(C)C)n1. The van der Waals surface area contributed by atoms with Gasteiger partial charge in [-0.2, -0.15) is 0 Å². The van der Waals surface area contributed by atoms with Crippen LogP contribution >= 0.6 is 11.3 Å².